The Labute approximate surface area is 205 Å². The normalized spacial score (nSPS) is 14.8. The third-order valence-electron chi connectivity index (χ3n) is 4.30. The van der Waals surface area contributed by atoms with Crippen LogP contribution >= 0.6 is 47.2 Å². The van der Waals surface area contributed by atoms with E-state index in [0.717, 1.165) is 12.0 Å². The van der Waals surface area contributed by atoms with E-state index in [9.17, 15) is 9.59 Å². The van der Waals surface area contributed by atoms with Gasteiger partial charge in [-0.25, -0.2) is 0 Å². The minimum atomic E-state index is -0.343. The van der Waals surface area contributed by atoms with Crippen molar-refractivity contribution in [2.45, 2.75) is 6.42 Å². The molecule has 1 heterocycles. The van der Waals surface area contributed by atoms with Crippen LogP contribution in [0.2, 0.25) is 10.0 Å². The van der Waals surface area contributed by atoms with Gasteiger partial charge in [-0.3, -0.25) is 14.5 Å². The summed E-state index contributed by atoms with van der Waals surface area (Å²) in [5.41, 5.74) is 1.32. The highest BCUT2D eigenvalue weighted by Crippen LogP contribution is 2.32. The van der Waals surface area contributed by atoms with Crippen molar-refractivity contribution in [1.29, 1.82) is 0 Å². The second kappa shape index (κ2) is 11.7. The number of carbonyl (C=O) groups is 2. The largest absolute Gasteiger partial charge is 0.484 e. The molecular formula is C22H20Cl2N2O4S2. The molecule has 0 atom stereocenters. The molecule has 1 N–H and O–H groups in total. The molecule has 2 aromatic carbocycles. The van der Waals surface area contributed by atoms with Gasteiger partial charge in [0.1, 0.15) is 10.1 Å². The van der Waals surface area contributed by atoms with E-state index < -0.39 is 0 Å². The topological polar surface area (TPSA) is 67.9 Å². The number of thiocarbonyl (C=S) groups is 1. The maximum absolute atomic E-state index is 12.6. The molecule has 0 bridgehead atoms. The zero-order chi connectivity index (χ0) is 23.1. The SMILES string of the molecule is COCCCN1C(=O)/C(=C/c2ccc(OCC(=O)Nc3cc(Cl)cc(Cl)c3)cc2)SC1=S. The van der Waals surface area contributed by atoms with Gasteiger partial charge < -0.3 is 14.8 Å². The summed E-state index contributed by atoms with van der Waals surface area (Å²) in [5.74, 6) is 0.0762. The van der Waals surface area contributed by atoms with E-state index in [1.165, 1.54) is 11.8 Å². The Morgan fingerprint density at radius 1 is 1.19 bits per heavy atom. The maximum Gasteiger partial charge on any atom is 0.266 e. The van der Waals surface area contributed by atoms with Crippen molar-refractivity contribution >= 4 is 75.1 Å². The molecule has 1 saturated heterocycles. The first-order valence-corrected chi connectivity index (χ1v) is 11.6. The van der Waals surface area contributed by atoms with Crippen LogP contribution in [0.15, 0.2) is 47.4 Å². The second-order valence-electron chi connectivity index (χ2n) is 6.74. The number of methoxy groups -OCH3 is 1. The summed E-state index contributed by atoms with van der Waals surface area (Å²) >= 11 is 18.4. The van der Waals surface area contributed by atoms with E-state index in [4.69, 9.17) is 44.9 Å². The highest BCUT2D eigenvalue weighted by molar-refractivity contribution is 8.26. The fraction of sp³-hybridized carbons (Fsp3) is 0.227. The molecule has 0 radical (unpaired) electrons. The number of ether oxygens (including phenoxy) is 2. The summed E-state index contributed by atoms with van der Waals surface area (Å²) in [4.78, 5) is 26.8. The lowest BCUT2D eigenvalue weighted by molar-refractivity contribution is -0.122. The number of nitrogens with one attached hydrogen (secondary N) is 1. The van der Waals surface area contributed by atoms with Crippen molar-refractivity contribution < 1.29 is 19.1 Å². The molecule has 3 rings (SSSR count). The standard InChI is InChI=1S/C22H20Cl2N2O4S2/c1-29-8-2-7-26-21(28)19(32-22(26)31)9-14-3-5-18(6-4-14)30-13-20(27)25-17-11-15(23)10-16(24)12-17/h3-6,9-12H,2,7-8,13H2,1H3,(H,25,27)/b19-9-. The van der Waals surface area contributed by atoms with Gasteiger partial charge in [0, 0.05) is 36.0 Å². The Bertz CT molecular complexity index is 1020. The molecule has 1 aliphatic rings. The summed E-state index contributed by atoms with van der Waals surface area (Å²) in [6.07, 6.45) is 2.51. The van der Waals surface area contributed by atoms with Gasteiger partial charge in [0.2, 0.25) is 0 Å². The van der Waals surface area contributed by atoms with E-state index >= 15 is 0 Å². The van der Waals surface area contributed by atoms with Crippen LogP contribution in [0.25, 0.3) is 6.08 Å². The van der Waals surface area contributed by atoms with Crippen molar-refractivity contribution in [2.75, 3.05) is 32.2 Å². The first kappa shape index (κ1) is 24.5. The van der Waals surface area contributed by atoms with Gasteiger partial charge in [-0.2, -0.15) is 0 Å². The molecule has 2 amide bonds. The van der Waals surface area contributed by atoms with Crippen LogP contribution in [0.4, 0.5) is 5.69 Å². The van der Waals surface area contributed by atoms with Crippen molar-refractivity contribution in [3.63, 3.8) is 0 Å². The van der Waals surface area contributed by atoms with E-state index in [2.05, 4.69) is 5.32 Å². The monoisotopic (exact) mass is 510 g/mol. The Kier molecular flexibility index (Phi) is 8.95. The Morgan fingerprint density at radius 3 is 2.53 bits per heavy atom. The number of amides is 2. The molecule has 0 aliphatic carbocycles. The van der Waals surface area contributed by atoms with E-state index in [0.29, 0.717) is 43.9 Å². The zero-order valence-corrected chi connectivity index (χ0v) is 20.2. The fourth-order valence-electron chi connectivity index (χ4n) is 2.84. The van der Waals surface area contributed by atoms with Gasteiger partial charge in [0.25, 0.3) is 11.8 Å². The summed E-state index contributed by atoms with van der Waals surface area (Å²) in [7, 11) is 1.62. The average molecular weight is 511 g/mol. The third kappa shape index (κ3) is 6.95. The molecule has 1 fully saturated rings. The molecule has 0 saturated carbocycles. The Balaban J connectivity index is 1.54. The lowest BCUT2D eigenvalue weighted by Gasteiger charge is -2.13. The minimum Gasteiger partial charge on any atom is -0.484 e. The molecule has 6 nitrogen and oxygen atoms in total. The maximum atomic E-state index is 12.6. The Hall–Kier alpha value is -2.10. The van der Waals surface area contributed by atoms with E-state index in [1.807, 2.05) is 0 Å². The predicted octanol–water partition coefficient (Wildman–Crippen LogP) is 5.25. The van der Waals surface area contributed by atoms with Gasteiger partial charge in [-0.15, -0.1) is 0 Å². The Morgan fingerprint density at radius 2 is 1.88 bits per heavy atom. The number of hydrogen-bond donors (Lipinski definition) is 1. The van der Waals surface area contributed by atoms with Gasteiger partial charge >= 0.3 is 0 Å². The number of anilines is 1. The molecular weight excluding hydrogens is 491 g/mol. The van der Waals surface area contributed by atoms with Crippen LogP contribution in [-0.2, 0) is 14.3 Å². The van der Waals surface area contributed by atoms with E-state index in [1.54, 1.807) is 60.6 Å². The molecule has 32 heavy (non-hydrogen) atoms. The van der Waals surface area contributed by atoms with Gasteiger partial charge in [0.15, 0.2) is 6.61 Å². The molecule has 0 unspecified atom stereocenters. The first-order valence-electron chi connectivity index (χ1n) is 9.59. The van der Waals surface area contributed by atoms with Crippen molar-refractivity contribution in [3.8, 4) is 5.75 Å². The number of carbonyl (C=O) groups excluding carboxylic acids is 2. The van der Waals surface area contributed by atoms with Gasteiger partial charge in [0.05, 0.1) is 4.91 Å². The molecule has 0 spiro atoms. The molecule has 168 valence electrons. The van der Waals surface area contributed by atoms with Crippen molar-refractivity contribution in [2.24, 2.45) is 0 Å². The smallest absolute Gasteiger partial charge is 0.266 e. The number of thioether (sulfide) groups is 1. The molecule has 0 aromatic heterocycles. The summed E-state index contributed by atoms with van der Waals surface area (Å²) < 4.78 is 11.1. The average Bonchev–Trinajstić information content (AvgIpc) is 3.00. The van der Waals surface area contributed by atoms with Gasteiger partial charge in [-0.1, -0.05) is 59.3 Å². The summed E-state index contributed by atoms with van der Waals surface area (Å²) in [6, 6.07) is 11.9. The van der Waals surface area contributed by atoms with Crippen LogP contribution in [0.3, 0.4) is 0 Å². The molecule has 2 aromatic rings. The van der Waals surface area contributed by atoms with E-state index in [-0.39, 0.29) is 18.4 Å². The third-order valence-corrected chi connectivity index (χ3v) is 6.11. The number of hydrogen-bond acceptors (Lipinski definition) is 6. The number of benzene rings is 2. The van der Waals surface area contributed by atoms with Crippen molar-refractivity contribution in [3.05, 3.63) is 63.0 Å². The summed E-state index contributed by atoms with van der Waals surface area (Å²) in [6.45, 7) is 0.929. The first-order chi connectivity index (χ1) is 15.4. The van der Waals surface area contributed by atoms with Gasteiger partial charge in [-0.05, 0) is 48.4 Å². The summed E-state index contributed by atoms with van der Waals surface area (Å²) in [5, 5.41) is 3.53. The van der Waals surface area contributed by atoms with Crippen LogP contribution in [0.5, 0.6) is 5.75 Å². The van der Waals surface area contributed by atoms with Crippen LogP contribution in [-0.4, -0.2) is 47.9 Å². The number of halogens is 2. The highest BCUT2D eigenvalue weighted by Gasteiger charge is 2.31. The predicted molar refractivity (Wildman–Crippen MR) is 133 cm³/mol. The second-order valence-corrected chi connectivity index (χ2v) is 9.29. The molecule has 1 aliphatic heterocycles. The highest BCUT2D eigenvalue weighted by atomic mass is 35.5. The van der Waals surface area contributed by atoms with Crippen LogP contribution in [0, 0.1) is 0 Å². The quantitative estimate of drug-likeness (QED) is 0.282. The zero-order valence-electron chi connectivity index (χ0n) is 17.1. The van der Waals surface area contributed by atoms with Crippen LogP contribution < -0.4 is 10.1 Å². The van der Waals surface area contributed by atoms with Crippen molar-refractivity contribution in [1.82, 2.24) is 4.90 Å². The van der Waals surface area contributed by atoms with Crippen LogP contribution in [0.1, 0.15) is 12.0 Å². The lowest BCUT2D eigenvalue weighted by atomic mass is 10.2. The molecule has 10 heteroatoms. The minimum absolute atomic E-state index is 0.103. The number of nitrogens with zero attached hydrogens (tertiary/aromatic N) is 1. The number of rotatable bonds is 9. The lowest BCUT2D eigenvalue weighted by Crippen LogP contribution is -2.29. The fourth-order valence-corrected chi connectivity index (χ4v) is 4.68.